The lowest BCUT2D eigenvalue weighted by atomic mass is 10.3. The first-order chi connectivity index (χ1) is 7.58. The van der Waals surface area contributed by atoms with E-state index in [1.54, 1.807) is 0 Å². The number of fused-ring (bicyclic) bond motifs is 1. The van der Waals surface area contributed by atoms with Crippen molar-refractivity contribution in [2.75, 3.05) is 5.32 Å². The van der Waals surface area contributed by atoms with E-state index in [1.807, 2.05) is 0 Å². The number of anilines is 1. The van der Waals surface area contributed by atoms with Crippen molar-refractivity contribution in [2.24, 2.45) is 0 Å². The highest BCUT2D eigenvalue weighted by atomic mass is 35.5. The summed E-state index contributed by atoms with van der Waals surface area (Å²) in [5, 5.41) is 11.5. The van der Waals surface area contributed by atoms with Gasteiger partial charge in [0, 0.05) is 0 Å². The lowest BCUT2D eigenvalue weighted by Gasteiger charge is -2.09. The molecular formula is C8H8ClN5O2. The minimum Gasteiger partial charge on any atom is -0.480 e. The number of hydrogen-bond acceptors (Lipinski definition) is 5. The van der Waals surface area contributed by atoms with E-state index in [2.05, 4.69) is 25.3 Å². The van der Waals surface area contributed by atoms with Gasteiger partial charge in [0.1, 0.15) is 11.6 Å². The van der Waals surface area contributed by atoms with Gasteiger partial charge in [0.15, 0.2) is 11.5 Å². The zero-order chi connectivity index (χ0) is 11.7. The van der Waals surface area contributed by atoms with Gasteiger partial charge in [-0.15, -0.1) is 0 Å². The van der Waals surface area contributed by atoms with Gasteiger partial charge in [0.05, 0.1) is 6.33 Å². The molecule has 0 aromatic carbocycles. The normalized spacial score (nSPS) is 12.6. The Bertz CT molecular complexity index is 540. The van der Waals surface area contributed by atoms with E-state index in [4.69, 9.17) is 16.7 Å². The number of aromatic nitrogens is 4. The molecule has 0 amide bonds. The number of carboxylic acids is 1. The highest BCUT2D eigenvalue weighted by molar-refractivity contribution is 6.28. The topological polar surface area (TPSA) is 104 Å². The summed E-state index contributed by atoms with van der Waals surface area (Å²) in [4.78, 5) is 25.2. The first-order valence-corrected chi connectivity index (χ1v) is 4.81. The average Bonchev–Trinajstić information content (AvgIpc) is 2.65. The standard InChI is InChI=1S/C8H8ClN5O2/c1-3(7(15)16)12-6-4-5(11-2-10-4)13-8(9)14-6/h2-3H,1H3,(H,15,16)(H2,10,11,12,13,14)/t3-/m1/s1. The van der Waals surface area contributed by atoms with E-state index in [1.165, 1.54) is 13.3 Å². The number of rotatable bonds is 3. The van der Waals surface area contributed by atoms with Crippen LogP contribution in [0.15, 0.2) is 6.33 Å². The van der Waals surface area contributed by atoms with Crippen molar-refractivity contribution in [2.45, 2.75) is 13.0 Å². The second kappa shape index (κ2) is 3.93. The molecular weight excluding hydrogens is 234 g/mol. The molecule has 2 aromatic rings. The van der Waals surface area contributed by atoms with Crippen molar-refractivity contribution in [3.8, 4) is 0 Å². The Morgan fingerprint density at radius 2 is 2.38 bits per heavy atom. The number of carbonyl (C=O) groups is 1. The number of imidazole rings is 1. The fourth-order valence-corrected chi connectivity index (χ4v) is 1.34. The quantitative estimate of drug-likeness (QED) is 0.690. The molecule has 0 fully saturated rings. The third-order valence-electron chi connectivity index (χ3n) is 1.98. The van der Waals surface area contributed by atoms with Crippen LogP contribution >= 0.6 is 11.6 Å². The molecule has 3 N–H and O–H groups in total. The third-order valence-corrected chi connectivity index (χ3v) is 2.15. The first kappa shape index (κ1) is 10.6. The van der Waals surface area contributed by atoms with Crippen LogP contribution in [-0.2, 0) is 4.79 Å². The number of aromatic amines is 1. The van der Waals surface area contributed by atoms with Crippen LogP contribution in [-0.4, -0.2) is 37.1 Å². The van der Waals surface area contributed by atoms with E-state index in [0.717, 1.165) is 0 Å². The molecule has 0 bridgehead atoms. The van der Waals surface area contributed by atoms with Gasteiger partial charge in [-0.05, 0) is 18.5 Å². The van der Waals surface area contributed by atoms with Crippen LogP contribution in [0.4, 0.5) is 5.82 Å². The van der Waals surface area contributed by atoms with Gasteiger partial charge in [0.25, 0.3) is 0 Å². The Morgan fingerprint density at radius 1 is 1.62 bits per heavy atom. The van der Waals surface area contributed by atoms with Gasteiger partial charge in [0.2, 0.25) is 5.28 Å². The van der Waals surface area contributed by atoms with Crippen molar-refractivity contribution in [1.29, 1.82) is 0 Å². The molecule has 16 heavy (non-hydrogen) atoms. The molecule has 0 unspecified atom stereocenters. The van der Waals surface area contributed by atoms with E-state index < -0.39 is 12.0 Å². The van der Waals surface area contributed by atoms with Crippen LogP contribution in [0.3, 0.4) is 0 Å². The predicted molar refractivity (Wildman–Crippen MR) is 57.4 cm³/mol. The number of carboxylic acid groups (broad SMARTS) is 1. The number of aliphatic carboxylic acids is 1. The highest BCUT2D eigenvalue weighted by Gasteiger charge is 2.15. The second-order valence-corrected chi connectivity index (χ2v) is 3.48. The minimum atomic E-state index is -0.984. The number of H-pyrrole nitrogens is 1. The number of nitrogens with zero attached hydrogens (tertiary/aromatic N) is 3. The van der Waals surface area contributed by atoms with E-state index in [9.17, 15) is 4.79 Å². The van der Waals surface area contributed by atoms with Crippen LogP contribution in [0.25, 0.3) is 11.2 Å². The molecule has 0 saturated carbocycles. The summed E-state index contributed by atoms with van der Waals surface area (Å²) in [5.74, 6) is -0.662. The van der Waals surface area contributed by atoms with Crippen molar-refractivity contribution in [3.05, 3.63) is 11.6 Å². The molecule has 0 radical (unpaired) electrons. The lowest BCUT2D eigenvalue weighted by molar-refractivity contribution is -0.137. The molecule has 2 heterocycles. The Kier molecular flexibility index (Phi) is 2.61. The lowest BCUT2D eigenvalue weighted by Crippen LogP contribution is -2.26. The van der Waals surface area contributed by atoms with Gasteiger partial charge in [-0.25, -0.2) is 4.98 Å². The number of halogens is 1. The Morgan fingerprint density at radius 3 is 3.06 bits per heavy atom. The predicted octanol–water partition coefficient (Wildman–Crippen LogP) is 0.891. The highest BCUT2D eigenvalue weighted by Crippen LogP contribution is 2.19. The van der Waals surface area contributed by atoms with Crippen molar-refractivity contribution >= 4 is 34.6 Å². The largest absolute Gasteiger partial charge is 0.480 e. The molecule has 2 aromatic heterocycles. The zero-order valence-electron chi connectivity index (χ0n) is 8.23. The summed E-state index contributed by atoms with van der Waals surface area (Å²) in [6.07, 6.45) is 1.44. The minimum absolute atomic E-state index is 0.0136. The summed E-state index contributed by atoms with van der Waals surface area (Å²) in [7, 11) is 0. The summed E-state index contributed by atoms with van der Waals surface area (Å²) in [6, 6.07) is -0.780. The van der Waals surface area contributed by atoms with Crippen molar-refractivity contribution < 1.29 is 9.90 Å². The maximum absolute atomic E-state index is 10.7. The first-order valence-electron chi connectivity index (χ1n) is 4.44. The fourth-order valence-electron chi connectivity index (χ4n) is 1.18. The molecule has 0 aliphatic rings. The smallest absolute Gasteiger partial charge is 0.325 e. The molecule has 84 valence electrons. The maximum atomic E-state index is 10.7. The Labute approximate surface area is 94.9 Å². The molecule has 7 nitrogen and oxygen atoms in total. The fraction of sp³-hybridized carbons (Fsp3) is 0.250. The van der Waals surface area contributed by atoms with E-state index >= 15 is 0 Å². The maximum Gasteiger partial charge on any atom is 0.325 e. The second-order valence-electron chi connectivity index (χ2n) is 3.15. The Hall–Kier alpha value is -1.89. The van der Waals surface area contributed by atoms with Crippen molar-refractivity contribution in [3.63, 3.8) is 0 Å². The molecule has 0 saturated heterocycles. The zero-order valence-corrected chi connectivity index (χ0v) is 8.99. The van der Waals surface area contributed by atoms with Gasteiger partial charge >= 0.3 is 5.97 Å². The SMILES string of the molecule is C[C@@H](Nc1nc(Cl)nc2nc[nH]c12)C(=O)O. The molecule has 0 aliphatic heterocycles. The summed E-state index contributed by atoms with van der Waals surface area (Å²) >= 11 is 5.68. The number of nitrogens with one attached hydrogen (secondary N) is 2. The Balaban J connectivity index is 2.42. The van der Waals surface area contributed by atoms with Crippen molar-refractivity contribution in [1.82, 2.24) is 19.9 Å². The summed E-state index contributed by atoms with van der Waals surface area (Å²) < 4.78 is 0. The average molecular weight is 242 g/mol. The van der Waals surface area contributed by atoms with E-state index in [-0.39, 0.29) is 5.28 Å². The molecule has 0 aliphatic carbocycles. The molecule has 1 atom stereocenters. The third kappa shape index (κ3) is 1.89. The molecule has 0 spiro atoms. The van der Waals surface area contributed by atoms with Gasteiger partial charge in [-0.2, -0.15) is 9.97 Å². The van der Waals surface area contributed by atoms with Crippen LogP contribution in [0.5, 0.6) is 0 Å². The van der Waals surface area contributed by atoms with E-state index in [0.29, 0.717) is 17.0 Å². The number of hydrogen-bond donors (Lipinski definition) is 3. The molecule has 2 rings (SSSR count). The summed E-state index contributed by atoms with van der Waals surface area (Å²) in [5.41, 5.74) is 0.914. The van der Waals surface area contributed by atoms with Gasteiger partial charge in [-0.1, -0.05) is 0 Å². The van der Waals surface area contributed by atoms with Crippen LogP contribution in [0.2, 0.25) is 5.28 Å². The van der Waals surface area contributed by atoms with Crippen LogP contribution < -0.4 is 5.32 Å². The van der Waals surface area contributed by atoms with Gasteiger partial charge < -0.3 is 15.4 Å². The van der Waals surface area contributed by atoms with Crippen LogP contribution in [0, 0.1) is 0 Å². The van der Waals surface area contributed by atoms with Crippen LogP contribution in [0.1, 0.15) is 6.92 Å². The molecule has 8 heteroatoms. The monoisotopic (exact) mass is 241 g/mol. The van der Waals surface area contributed by atoms with Gasteiger partial charge in [-0.3, -0.25) is 4.79 Å². The summed E-state index contributed by atoms with van der Waals surface area (Å²) in [6.45, 7) is 1.50.